The monoisotopic (exact) mass is 594 g/mol. The number of urea groups is 1. The van der Waals surface area contributed by atoms with Gasteiger partial charge in [-0.05, 0) is 41.5 Å². The Balaban J connectivity index is 1.22. The third-order valence-corrected chi connectivity index (χ3v) is 7.18. The number of carbonyl (C=O) groups excluding carboxylic acids is 1. The average molecular weight is 595 g/mol. The fraction of sp³-hybridized carbons (Fsp3) is 0.345. The zero-order valence-electron chi connectivity index (χ0n) is 22.3. The van der Waals surface area contributed by atoms with Crippen molar-refractivity contribution >= 4 is 11.7 Å². The first kappa shape index (κ1) is 29.5. The molecule has 0 saturated carbocycles. The van der Waals surface area contributed by atoms with Crippen LogP contribution in [0.4, 0.5) is 36.8 Å². The third-order valence-electron chi connectivity index (χ3n) is 7.18. The van der Waals surface area contributed by atoms with Crippen LogP contribution in [0.2, 0.25) is 0 Å². The van der Waals surface area contributed by atoms with E-state index in [9.17, 15) is 31.1 Å². The molecule has 42 heavy (non-hydrogen) atoms. The molecule has 0 aromatic heterocycles. The number of carbonyl (C=O) groups is 1. The molecule has 1 atom stereocenters. The van der Waals surface area contributed by atoms with Gasteiger partial charge in [-0.1, -0.05) is 36.4 Å². The van der Waals surface area contributed by atoms with Gasteiger partial charge >= 0.3 is 18.4 Å². The standard InChI is InChI=1S/C29H28F6N4O3/c30-28(31,32)21-13-22(29(33,34)35)15-23(14-21)37-27(40)36-16-24(20-4-2-1-3-5-20)39-10-8-38(9-11-39)17-19-6-7-25-26(12-19)42-18-41-25/h1-7,12-15,24H,8-11,16-18H2,(H2,36,37,40). The van der Waals surface area contributed by atoms with E-state index in [1.165, 1.54) is 0 Å². The summed E-state index contributed by atoms with van der Waals surface area (Å²) in [5.41, 5.74) is -1.61. The Morgan fingerprint density at radius 3 is 2.10 bits per heavy atom. The number of piperazine rings is 1. The van der Waals surface area contributed by atoms with E-state index >= 15 is 0 Å². The summed E-state index contributed by atoms with van der Waals surface area (Å²) < 4.78 is 90.1. The van der Waals surface area contributed by atoms with Gasteiger partial charge in [0.2, 0.25) is 6.79 Å². The zero-order chi connectivity index (χ0) is 29.9. The summed E-state index contributed by atoms with van der Waals surface area (Å²) >= 11 is 0. The van der Waals surface area contributed by atoms with Gasteiger partial charge in [-0.25, -0.2) is 4.79 Å². The van der Waals surface area contributed by atoms with Crippen molar-refractivity contribution in [3.63, 3.8) is 0 Å². The summed E-state index contributed by atoms with van der Waals surface area (Å²) in [6.45, 7) is 3.86. The molecule has 224 valence electrons. The number of ether oxygens (including phenoxy) is 2. The molecule has 7 nitrogen and oxygen atoms in total. The Kier molecular flexibility index (Phi) is 8.50. The Morgan fingerprint density at radius 1 is 0.810 bits per heavy atom. The highest BCUT2D eigenvalue weighted by atomic mass is 19.4. The second kappa shape index (κ2) is 12.1. The summed E-state index contributed by atoms with van der Waals surface area (Å²) in [7, 11) is 0. The molecular formula is C29H28F6N4O3. The fourth-order valence-corrected chi connectivity index (χ4v) is 5.06. The zero-order valence-corrected chi connectivity index (χ0v) is 22.3. The van der Waals surface area contributed by atoms with Crippen LogP contribution in [0.5, 0.6) is 11.5 Å². The maximum atomic E-state index is 13.2. The molecule has 1 saturated heterocycles. The minimum Gasteiger partial charge on any atom is -0.454 e. The SMILES string of the molecule is O=C(NCC(c1ccccc1)N1CCN(Cc2ccc3c(c2)OCO3)CC1)Nc1cc(C(F)(F)F)cc(C(F)(F)F)c1. The van der Waals surface area contributed by atoms with E-state index in [0.717, 1.165) is 42.3 Å². The number of nitrogens with one attached hydrogen (secondary N) is 2. The summed E-state index contributed by atoms with van der Waals surface area (Å²) in [5.74, 6) is 1.44. The lowest BCUT2D eigenvalue weighted by Crippen LogP contribution is -2.49. The lowest BCUT2D eigenvalue weighted by molar-refractivity contribution is -0.143. The van der Waals surface area contributed by atoms with Gasteiger partial charge in [-0.15, -0.1) is 0 Å². The van der Waals surface area contributed by atoms with E-state index in [1.807, 2.05) is 48.5 Å². The highest BCUT2D eigenvalue weighted by Gasteiger charge is 2.37. The Labute approximate surface area is 238 Å². The van der Waals surface area contributed by atoms with Crippen LogP contribution in [0.15, 0.2) is 66.7 Å². The van der Waals surface area contributed by atoms with Gasteiger partial charge in [0.25, 0.3) is 0 Å². The van der Waals surface area contributed by atoms with Crippen LogP contribution in [0.3, 0.4) is 0 Å². The predicted octanol–water partition coefficient (Wildman–Crippen LogP) is 6.13. The van der Waals surface area contributed by atoms with Gasteiger partial charge in [0.1, 0.15) is 0 Å². The Bertz CT molecular complexity index is 1360. The molecule has 0 radical (unpaired) electrons. The van der Waals surface area contributed by atoms with E-state index in [2.05, 4.69) is 20.4 Å². The molecule has 2 aliphatic heterocycles. The molecule has 5 rings (SSSR count). The van der Waals surface area contributed by atoms with E-state index in [-0.39, 0.29) is 25.4 Å². The first-order valence-electron chi connectivity index (χ1n) is 13.2. The molecule has 0 bridgehead atoms. The van der Waals surface area contributed by atoms with Gasteiger partial charge in [-0.2, -0.15) is 26.3 Å². The number of hydrogen-bond donors (Lipinski definition) is 2. The summed E-state index contributed by atoms with van der Waals surface area (Å²) in [4.78, 5) is 17.1. The van der Waals surface area contributed by atoms with Crippen LogP contribution in [0.25, 0.3) is 0 Å². The van der Waals surface area contributed by atoms with Gasteiger partial charge in [0.05, 0.1) is 17.2 Å². The number of fused-ring (bicyclic) bond motifs is 1. The van der Waals surface area contributed by atoms with Gasteiger partial charge in [0.15, 0.2) is 11.5 Å². The first-order valence-corrected chi connectivity index (χ1v) is 13.2. The van der Waals surface area contributed by atoms with Crippen molar-refractivity contribution in [3.8, 4) is 11.5 Å². The lowest BCUT2D eigenvalue weighted by atomic mass is 10.0. The van der Waals surface area contributed by atoms with E-state index < -0.39 is 35.2 Å². The molecule has 2 aliphatic rings. The summed E-state index contributed by atoms with van der Waals surface area (Å²) in [5, 5.41) is 4.76. The van der Waals surface area contributed by atoms with Gasteiger partial charge < -0.3 is 20.1 Å². The van der Waals surface area contributed by atoms with Crippen LogP contribution in [0.1, 0.15) is 28.3 Å². The van der Waals surface area contributed by atoms with Crippen molar-refractivity contribution in [3.05, 3.63) is 89.0 Å². The average Bonchev–Trinajstić information content (AvgIpc) is 3.41. The van der Waals surface area contributed by atoms with Crippen molar-refractivity contribution < 1.29 is 40.6 Å². The van der Waals surface area contributed by atoms with Gasteiger partial charge in [0, 0.05) is 45.0 Å². The van der Waals surface area contributed by atoms with Crippen LogP contribution in [0, 0.1) is 0 Å². The molecule has 2 heterocycles. The summed E-state index contributed by atoms with van der Waals surface area (Å²) in [6, 6.07) is 15.0. The quantitative estimate of drug-likeness (QED) is 0.322. The van der Waals surface area contributed by atoms with Crippen LogP contribution < -0.4 is 20.1 Å². The number of amides is 2. The minimum absolute atomic E-state index is 0.0146. The minimum atomic E-state index is -5.02. The largest absolute Gasteiger partial charge is 0.454 e. The van der Waals surface area contributed by atoms with E-state index in [4.69, 9.17) is 9.47 Å². The number of nitrogens with zero attached hydrogens (tertiary/aromatic N) is 2. The molecule has 1 fully saturated rings. The van der Waals surface area contributed by atoms with Crippen molar-refractivity contribution in [2.24, 2.45) is 0 Å². The maximum absolute atomic E-state index is 13.2. The van der Waals surface area contributed by atoms with Crippen LogP contribution in [-0.2, 0) is 18.9 Å². The van der Waals surface area contributed by atoms with Crippen molar-refractivity contribution in [2.75, 3.05) is 44.8 Å². The first-order chi connectivity index (χ1) is 20.0. The topological polar surface area (TPSA) is 66.1 Å². The van der Waals surface area contributed by atoms with E-state index in [1.54, 1.807) is 0 Å². The van der Waals surface area contributed by atoms with Crippen LogP contribution >= 0.6 is 0 Å². The lowest BCUT2D eigenvalue weighted by Gasteiger charge is -2.39. The molecule has 0 aliphatic carbocycles. The number of rotatable bonds is 7. The predicted molar refractivity (Wildman–Crippen MR) is 142 cm³/mol. The van der Waals surface area contributed by atoms with Crippen molar-refractivity contribution in [1.82, 2.24) is 15.1 Å². The number of halogens is 6. The molecule has 13 heteroatoms. The highest BCUT2D eigenvalue weighted by molar-refractivity contribution is 5.89. The molecule has 3 aromatic carbocycles. The molecule has 0 spiro atoms. The third kappa shape index (κ3) is 7.26. The smallest absolute Gasteiger partial charge is 0.416 e. The second-order valence-electron chi connectivity index (χ2n) is 10.1. The van der Waals surface area contributed by atoms with Crippen molar-refractivity contribution in [2.45, 2.75) is 24.9 Å². The molecule has 2 amide bonds. The normalized spacial score (nSPS) is 16.7. The molecular weight excluding hydrogens is 566 g/mol. The maximum Gasteiger partial charge on any atom is 0.416 e. The number of alkyl halides is 6. The Morgan fingerprint density at radius 2 is 1.45 bits per heavy atom. The van der Waals surface area contributed by atoms with E-state index in [0.29, 0.717) is 25.2 Å². The number of benzene rings is 3. The fourth-order valence-electron chi connectivity index (χ4n) is 5.06. The summed E-state index contributed by atoms with van der Waals surface area (Å²) in [6.07, 6.45) is -10.0. The number of hydrogen-bond acceptors (Lipinski definition) is 5. The second-order valence-corrected chi connectivity index (χ2v) is 10.1. The Hall–Kier alpha value is -3.97. The van der Waals surface area contributed by atoms with Crippen LogP contribution in [-0.4, -0.2) is 55.3 Å². The highest BCUT2D eigenvalue weighted by Crippen LogP contribution is 2.37. The molecule has 1 unspecified atom stereocenters. The van der Waals surface area contributed by atoms with Crippen molar-refractivity contribution in [1.29, 1.82) is 0 Å². The number of anilines is 1. The molecule has 2 N–H and O–H groups in total. The van der Waals surface area contributed by atoms with Gasteiger partial charge in [-0.3, -0.25) is 9.80 Å². The molecule has 3 aromatic rings.